The maximum Gasteiger partial charge on any atom is 0.508 e. The van der Waals surface area contributed by atoms with Crippen LogP contribution < -0.4 is 0 Å². The van der Waals surface area contributed by atoms with Crippen LogP contribution >= 0.6 is 0 Å². The first-order chi connectivity index (χ1) is 6.72. The van der Waals surface area contributed by atoms with E-state index in [2.05, 4.69) is 17.7 Å². The second kappa shape index (κ2) is 5.68. The molecule has 0 amide bonds. The molecule has 0 aliphatic heterocycles. The standard InChI is InChI=1S/C11H18O3/c1-9-6-4-3-5-7-10(8-9)14-11(12)13-2/h6,10H,3-5,7-8H2,1-2H3/b9-6-. The highest BCUT2D eigenvalue weighted by Gasteiger charge is 2.16. The Morgan fingerprint density at radius 3 is 3.00 bits per heavy atom. The maximum absolute atomic E-state index is 10.9. The van der Waals surface area contributed by atoms with Crippen molar-refractivity contribution in [3.05, 3.63) is 11.6 Å². The smallest absolute Gasteiger partial charge is 0.438 e. The molecule has 0 saturated carbocycles. The third kappa shape index (κ3) is 3.81. The molecule has 80 valence electrons. The number of hydrogen-bond acceptors (Lipinski definition) is 3. The summed E-state index contributed by atoms with van der Waals surface area (Å²) in [6.45, 7) is 2.08. The van der Waals surface area contributed by atoms with E-state index in [0.29, 0.717) is 0 Å². The van der Waals surface area contributed by atoms with Crippen LogP contribution in [-0.2, 0) is 9.47 Å². The Labute approximate surface area is 85.1 Å². The van der Waals surface area contributed by atoms with Crippen LogP contribution in [0.4, 0.5) is 4.79 Å². The zero-order valence-electron chi connectivity index (χ0n) is 8.91. The maximum atomic E-state index is 10.9. The fourth-order valence-electron chi connectivity index (χ4n) is 1.69. The molecule has 0 radical (unpaired) electrons. The summed E-state index contributed by atoms with van der Waals surface area (Å²) in [6.07, 6.45) is 6.89. The topological polar surface area (TPSA) is 35.5 Å². The van der Waals surface area contributed by atoms with Crippen LogP contribution in [-0.4, -0.2) is 19.4 Å². The highest BCUT2D eigenvalue weighted by molar-refractivity contribution is 5.59. The lowest BCUT2D eigenvalue weighted by molar-refractivity contribution is 0.0327. The first kappa shape index (κ1) is 11.1. The summed E-state index contributed by atoms with van der Waals surface area (Å²) in [5, 5.41) is 0. The molecular weight excluding hydrogens is 180 g/mol. The predicted molar refractivity (Wildman–Crippen MR) is 54.1 cm³/mol. The Bertz CT molecular complexity index is 221. The fraction of sp³-hybridized carbons (Fsp3) is 0.727. The van der Waals surface area contributed by atoms with E-state index in [4.69, 9.17) is 4.74 Å². The molecule has 1 unspecified atom stereocenters. The fourth-order valence-corrected chi connectivity index (χ4v) is 1.69. The molecule has 1 aliphatic rings. The number of hydrogen-bond donors (Lipinski definition) is 0. The number of methoxy groups -OCH3 is 1. The molecule has 0 heterocycles. The van der Waals surface area contributed by atoms with Crippen LogP contribution in [0, 0.1) is 0 Å². The van der Waals surface area contributed by atoms with Gasteiger partial charge in [0.05, 0.1) is 7.11 Å². The van der Waals surface area contributed by atoms with Crippen molar-refractivity contribution in [2.75, 3.05) is 7.11 Å². The number of ether oxygens (including phenoxy) is 2. The summed E-state index contributed by atoms with van der Waals surface area (Å²) < 4.78 is 9.62. The van der Waals surface area contributed by atoms with Crippen molar-refractivity contribution in [1.82, 2.24) is 0 Å². The van der Waals surface area contributed by atoms with Gasteiger partial charge in [-0.05, 0) is 32.6 Å². The Morgan fingerprint density at radius 2 is 2.29 bits per heavy atom. The molecule has 0 aromatic carbocycles. The van der Waals surface area contributed by atoms with E-state index in [0.717, 1.165) is 25.7 Å². The van der Waals surface area contributed by atoms with Gasteiger partial charge in [0.1, 0.15) is 6.10 Å². The van der Waals surface area contributed by atoms with Gasteiger partial charge in [-0.2, -0.15) is 0 Å². The monoisotopic (exact) mass is 198 g/mol. The first-order valence-corrected chi connectivity index (χ1v) is 5.12. The van der Waals surface area contributed by atoms with Crippen LogP contribution in [0.25, 0.3) is 0 Å². The summed E-state index contributed by atoms with van der Waals surface area (Å²) in [4.78, 5) is 10.9. The van der Waals surface area contributed by atoms with Crippen LogP contribution in [0.15, 0.2) is 11.6 Å². The van der Waals surface area contributed by atoms with Crippen LogP contribution in [0.3, 0.4) is 0 Å². The van der Waals surface area contributed by atoms with Crippen LogP contribution in [0.5, 0.6) is 0 Å². The summed E-state index contributed by atoms with van der Waals surface area (Å²) in [6, 6.07) is 0. The summed E-state index contributed by atoms with van der Waals surface area (Å²) >= 11 is 0. The van der Waals surface area contributed by atoms with E-state index in [-0.39, 0.29) is 6.10 Å². The molecule has 0 spiro atoms. The van der Waals surface area contributed by atoms with Gasteiger partial charge in [-0.25, -0.2) is 4.79 Å². The van der Waals surface area contributed by atoms with Crippen molar-refractivity contribution in [1.29, 1.82) is 0 Å². The highest BCUT2D eigenvalue weighted by Crippen LogP contribution is 2.19. The summed E-state index contributed by atoms with van der Waals surface area (Å²) in [7, 11) is 1.34. The molecule has 1 rings (SSSR count). The van der Waals surface area contributed by atoms with Crippen molar-refractivity contribution >= 4 is 6.16 Å². The molecule has 0 aromatic heterocycles. The third-order valence-electron chi connectivity index (χ3n) is 2.45. The minimum atomic E-state index is -0.566. The highest BCUT2D eigenvalue weighted by atomic mass is 16.7. The van der Waals surface area contributed by atoms with Crippen molar-refractivity contribution in [3.8, 4) is 0 Å². The molecular formula is C11H18O3. The molecule has 1 atom stereocenters. The van der Waals surface area contributed by atoms with Crippen molar-refractivity contribution in [2.45, 2.75) is 45.1 Å². The molecule has 1 aliphatic carbocycles. The van der Waals surface area contributed by atoms with Crippen LogP contribution in [0.2, 0.25) is 0 Å². The molecule has 0 fully saturated rings. The van der Waals surface area contributed by atoms with E-state index in [9.17, 15) is 4.79 Å². The normalized spacial score (nSPS) is 26.7. The van der Waals surface area contributed by atoms with Crippen LogP contribution in [0.1, 0.15) is 39.0 Å². The Morgan fingerprint density at radius 1 is 1.50 bits per heavy atom. The lowest BCUT2D eigenvalue weighted by atomic mass is 9.99. The predicted octanol–water partition coefficient (Wildman–Crippen LogP) is 3.05. The lowest BCUT2D eigenvalue weighted by Crippen LogP contribution is -2.19. The van der Waals surface area contributed by atoms with E-state index < -0.39 is 6.16 Å². The second-order valence-electron chi connectivity index (χ2n) is 3.73. The zero-order valence-corrected chi connectivity index (χ0v) is 8.91. The lowest BCUT2D eigenvalue weighted by Gasteiger charge is -2.19. The van der Waals surface area contributed by atoms with Gasteiger partial charge in [0.2, 0.25) is 0 Å². The minimum Gasteiger partial charge on any atom is -0.438 e. The average Bonchev–Trinajstić information content (AvgIpc) is 2.13. The number of carbonyl (C=O) groups is 1. The molecule has 0 N–H and O–H groups in total. The van der Waals surface area contributed by atoms with E-state index in [1.807, 2.05) is 0 Å². The number of rotatable bonds is 1. The SMILES string of the molecule is COC(=O)OC1CCCC/C=C(/C)C1. The van der Waals surface area contributed by atoms with E-state index >= 15 is 0 Å². The van der Waals surface area contributed by atoms with Gasteiger partial charge in [0, 0.05) is 6.42 Å². The summed E-state index contributed by atoms with van der Waals surface area (Å²) in [5.41, 5.74) is 1.30. The second-order valence-corrected chi connectivity index (χ2v) is 3.73. The molecule has 0 bridgehead atoms. The number of carbonyl (C=O) groups excluding carboxylic acids is 1. The Hall–Kier alpha value is -0.990. The van der Waals surface area contributed by atoms with Gasteiger partial charge < -0.3 is 9.47 Å². The van der Waals surface area contributed by atoms with Gasteiger partial charge in [-0.1, -0.05) is 11.6 Å². The van der Waals surface area contributed by atoms with Gasteiger partial charge in [0.25, 0.3) is 0 Å². The minimum absolute atomic E-state index is 0.000926. The van der Waals surface area contributed by atoms with Crippen molar-refractivity contribution in [2.24, 2.45) is 0 Å². The van der Waals surface area contributed by atoms with Gasteiger partial charge >= 0.3 is 6.16 Å². The molecule has 0 aromatic rings. The summed E-state index contributed by atoms with van der Waals surface area (Å²) in [5.74, 6) is 0. The van der Waals surface area contributed by atoms with Crippen molar-refractivity contribution < 1.29 is 14.3 Å². The zero-order chi connectivity index (χ0) is 10.4. The Kier molecular flexibility index (Phi) is 4.50. The third-order valence-corrected chi connectivity index (χ3v) is 2.45. The quantitative estimate of drug-likeness (QED) is 0.480. The molecule has 3 heteroatoms. The van der Waals surface area contributed by atoms with E-state index in [1.54, 1.807) is 0 Å². The number of allylic oxidation sites excluding steroid dienone is 1. The van der Waals surface area contributed by atoms with Gasteiger partial charge in [0.15, 0.2) is 0 Å². The van der Waals surface area contributed by atoms with E-state index in [1.165, 1.54) is 19.1 Å². The van der Waals surface area contributed by atoms with Crippen molar-refractivity contribution in [3.63, 3.8) is 0 Å². The van der Waals surface area contributed by atoms with Gasteiger partial charge in [-0.3, -0.25) is 0 Å². The molecule has 0 saturated heterocycles. The van der Waals surface area contributed by atoms with Gasteiger partial charge in [-0.15, -0.1) is 0 Å². The first-order valence-electron chi connectivity index (χ1n) is 5.12. The molecule has 14 heavy (non-hydrogen) atoms. The molecule has 3 nitrogen and oxygen atoms in total. The Balaban J connectivity index is 2.45. The largest absolute Gasteiger partial charge is 0.508 e. The average molecular weight is 198 g/mol.